The van der Waals surface area contributed by atoms with Crippen molar-refractivity contribution < 1.29 is 9.84 Å². The van der Waals surface area contributed by atoms with Crippen LogP contribution >= 0.6 is 0 Å². The molecule has 0 radical (unpaired) electrons. The Kier molecular flexibility index (Phi) is 8.40. The molecule has 3 heteroatoms. The summed E-state index contributed by atoms with van der Waals surface area (Å²) in [4.78, 5) is 2.29. The molecule has 0 saturated carbocycles. The topological polar surface area (TPSA) is 32.7 Å². The molecule has 0 rings (SSSR count). The average molecular weight is 189 g/mol. The highest BCUT2D eigenvalue weighted by molar-refractivity contribution is 4.57. The van der Waals surface area contributed by atoms with E-state index >= 15 is 0 Å². The number of hydrogen-bond acceptors (Lipinski definition) is 3. The van der Waals surface area contributed by atoms with Gasteiger partial charge < -0.3 is 14.7 Å². The van der Waals surface area contributed by atoms with Crippen molar-refractivity contribution >= 4 is 0 Å². The highest BCUT2D eigenvalue weighted by Crippen LogP contribution is 1.95. The van der Waals surface area contributed by atoms with Gasteiger partial charge in [0.15, 0.2) is 0 Å². The van der Waals surface area contributed by atoms with Crippen molar-refractivity contribution in [1.29, 1.82) is 0 Å². The number of nitrogens with zero attached hydrogens (tertiary/aromatic N) is 1. The minimum Gasteiger partial charge on any atom is -0.393 e. The van der Waals surface area contributed by atoms with Gasteiger partial charge in [0.2, 0.25) is 0 Å². The van der Waals surface area contributed by atoms with E-state index in [1.807, 2.05) is 13.8 Å². The van der Waals surface area contributed by atoms with Crippen molar-refractivity contribution in [3.8, 4) is 0 Å². The fraction of sp³-hybridized carbons (Fsp3) is 1.00. The first-order valence-electron chi connectivity index (χ1n) is 5.18. The molecule has 0 aliphatic carbocycles. The summed E-state index contributed by atoms with van der Waals surface area (Å²) < 4.78 is 5.27. The molecule has 1 atom stereocenters. The third-order valence-electron chi connectivity index (χ3n) is 2.07. The summed E-state index contributed by atoms with van der Waals surface area (Å²) in [7, 11) is 0. The van der Waals surface area contributed by atoms with Crippen molar-refractivity contribution in [2.24, 2.45) is 0 Å². The van der Waals surface area contributed by atoms with E-state index in [-0.39, 0.29) is 6.10 Å². The maximum Gasteiger partial charge on any atom is 0.0593 e. The number of aliphatic hydroxyl groups excluding tert-OH is 1. The molecule has 0 spiro atoms. The third kappa shape index (κ3) is 8.22. The van der Waals surface area contributed by atoms with Gasteiger partial charge in [-0.2, -0.15) is 0 Å². The summed E-state index contributed by atoms with van der Waals surface area (Å²) in [6, 6.07) is 0. The van der Waals surface area contributed by atoms with Crippen LogP contribution in [0.15, 0.2) is 0 Å². The molecular weight excluding hydrogens is 166 g/mol. The summed E-state index contributed by atoms with van der Waals surface area (Å²) in [6.45, 7) is 10.5. The molecule has 0 bridgehead atoms. The van der Waals surface area contributed by atoms with E-state index in [1.165, 1.54) is 0 Å². The van der Waals surface area contributed by atoms with E-state index in [0.717, 1.165) is 39.3 Å². The molecule has 0 heterocycles. The van der Waals surface area contributed by atoms with Crippen LogP contribution in [0.1, 0.15) is 27.2 Å². The highest BCUT2D eigenvalue weighted by Gasteiger charge is 2.03. The van der Waals surface area contributed by atoms with Crippen LogP contribution in [0.25, 0.3) is 0 Å². The SMILES string of the molecule is CCOCCN(CC)CCC(C)O. The molecule has 13 heavy (non-hydrogen) atoms. The molecule has 0 aromatic carbocycles. The number of aliphatic hydroxyl groups is 1. The second kappa shape index (κ2) is 8.48. The first-order chi connectivity index (χ1) is 6.20. The van der Waals surface area contributed by atoms with Crippen molar-refractivity contribution in [3.05, 3.63) is 0 Å². The van der Waals surface area contributed by atoms with Gasteiger partial charge in [0.25, 0.3) is 0 Å². The second-order valence-corrected chi connectivity index (χ2v) is 3.27. The Morgan fingerprint density at radius 2 is 2.00 bits per heavy atom. The van der Waals surface area contributed by atoms with Crippen LogP contribution in [0, 0.1) is 0 Å². The minimum atomic E-state index is -0.193. The van der Waals surface area contributed by atoms with E-state index in [0.29, 0.717) is 0 Å². The standard InChI is InChI=1S/C10H23NO2/c1-4-11(7-6-10(3)12)8-9-13-5-2/h10,12H,4-9H2,1-3H3. The Morgan fingerprint density at radius 1 is 1.31 bits per heavy atom. The third-order valence-corrected chi connectivity index (χ3v) is 2.07. The van der Waals surface area contributed by atoms with Gasteiger partial charge in [-0.3, -0.25) is 0 Å². The van der Waals surface area contributed by atoms with Crippen LogP contribution < -0.4 is 0 Å². The van der Waals surface area contributed by atoms with Gasteiger partial charge in [0.05, 0.1) is 12.7 Å². The zero-order chi connectivity index (χ0) is 10.1. The van der Waals surface area contributed by atoms with Gasteiger partial charge in [-0.25, -0.2) is 0 Å². The molecule has 3 nitrogen and oxygen atoms in total. The molecule has 80 valence electrons. The first kappa shape index (κ1) is 12.9. The molecule has 0 amide bonds. The normalized spacial score (nSPS) is 13.6. The summed E-state index contributed by atoms with van der Waals surface area (Å²) in [5, 5.41) is 9.11. The van der Waals surface area contributed by atoms with E-state index in [9.17, 15) is 0 Å². The Hall–Kier alpha value is -0.120. The lowest BCUT2D eigenvalue weighted by molar-refractivity contribution is 0.104. The minimum absolute atomic E-state index is 0.193. The lowest BCUT2D eigenvalue weighted by Gasteiger charge is -2.20. The highest BCUT2D eigenvalue weighted by atomic mass is 16.5. The van der Waals surface area contributed by atoms with Gasteiger partial charge in [-0.1, -0.05) is 6.92 Å². The van der Waals surface area contributed by atoms with Crippen molar-refractivity contribution in [3.63, 3.8) is 0 Å². The Labute approximate surface area is 81.7 Å². The molecule has 0 saturated heterocycles. The Bertz CT molecular complexity index is 107. The summed E-state index contributed by atoms with van der Waals surface area (Å²) in [5.74, 6) is 0. The number of hydrogen-bond donors (Lipinski definition) is 1. The van der Waals surface area contributed by atoms with Crippen LogP contribution in [0.4, 0.5) is 0 Å². The van der Waals surface area contributed by atoms with Gasteiger partial charge in [0.1, 0.15) is 0 Å². The maximum absolute atomic E-state index is 9.11. The molecule has 0 fully saturated rings. The van der Waals surface area contributed by atoms with Crippen LogP contribution in [-0.2, 0) is 4.74 Å². The predicted molar refractivity (Wildman–Crippen MR) is 54.9 cm³/mol. The van der Waals surface area contributed by atoms with Gasteiger partial charge in [-0.05, 0) is 26.8 Å². The van der Waals surface area contributed by atoms with E-state index in [4.69, 9.17) is 9.84 Å². The van der Waals surface area contributed by atoms with E-state index in [2.05, 4.69) is 11.8 Å². The van der Waals surface area contributed by atoms with E-state index < -0.39 is 0 Å². The largest absolute Gasteiger partial charge is 0.393 e. The predicted octanol–water partition coefficient (Wildman–Crippen LogP) is 1.12. The molecular formula is C10H23NO2. The van der Waals surface area contributed by atoms with Crippen molar-refractivity contribution in [1.82, 2.24) is 4.90 Å². The zero-order valence-electron chi connectivity index (χ0n) is 9.12. The monoisotopic (exact) mass is 189 g/mol. The van der Waals surface area contributed by atoms with Crippen LogP contribution in [0.3, 0.4) is 0 Å². The number of likely N-dealkylation sites (N-methyl/N-ethyl adjacent to an activating group) is 1. The zero-order valence-corrected chi connectivity index (χ0v) is 9.12. The van der Waals surface area contributed by atoms with Gasteiger partial charge in [0, 0.05) is 19.7 Å². The molecule has 0 aromatic heterocycles. The molecule has 0 aliphatic rings. The summed E-state index contributed by atoms with van der Waals surface area (Å²) in [6.07, 6.45) is 0.654. The van der Waals surface area contributed by atoms with Gasteiger partial charge in [-0.15, -0.1) is 0 Å². The van der Waals surface area contributed by atoms with Crippen LogP contribution in [-0.4, -0.2) is 49.0 Å². The molecule has 1 N–H and O–H groups in total. The lowest BCUT2D eigenvalue weighted by atomic mass is 10.2. The smallest absolute Gasteiger partial charge is 0.0593 e. The molecule has 0 aromatic rings. The second-order valence-electron chi connectivity index (χ2n) is 3.27. The molecule has 1 unspecified atom stereocenters. The fourth-order valence-electron chi connectivity index (χ4n) is 1.14. The number of rotatable bonds is 8. The Balaban J connectivity index is 3.39. The van der Waals surface area contributed by atoms with Crippen LogP contribution in [0.5, 0.6) is 0 Å². The van der Waals surface area contributed by atoms with Crippen molar-refractivity contribution in [2.75, 3.05) is 32.8 Å². The van der Waals surface area contributed by atoms with Crippen molar-refractivity contribution in [2.45, 2.75) is 33.3 Å². The van der Waals surface area contributed by atoms with E-state index in [1.54, 1.807) is 0 Å². The first-order valence-corrected chi connectivity index (χ1v) is 5.18. The Morgan fingerprint density at radius 3 is 2.46 bits per heavy atom. The maximum atomic E-state index is 9.11. The molecule has 0 aliphatic heterocycles. The number of ether oxygens (including phenoxy) is 1. The quantitative estimate of drug-likeness (QED) is 0.581. The fourth-order valence-corrected chi connectivity index (χ4v) is 1.14. The van der Waals surface area contributed by atoms with Crippen LogP contribution in [0.2, 0.25) is 0 Å². The average Bonchev–Trinajstić information content (AvgIpc) is 2.10. The van der Waals surface area contributed by atoms with Gasteiger partial charge >= 0.3 is 0 Å². The summed E-state index contributed by atoms with van der Waals surface area (Å²) in [5.41, 5.74) is 0. The summed E-state index contributed by atoms with van der Waals surface area (Å²) >= 11 is 0. The lowest BCUT2D eigenvalue weighted by Crippen LogP contribution is -2.30.